The number of fused-ring (bicyclic) bond motifs is 7. The number of ketones is 1. The number of Topliss-reactive ketones (excluding diaryl/α,β-unsaturated/α-hetero) is 1. The molecule has 8 unspecified atom stereocenters. The average Bonchev–Trinajstić information content (AvgIpc) is 3.39. The lowest BCUT2D eigenvalue weighted by Crippen LogP contribution is -2.63. The SMILES string of the molecule is CC(C)C1=C2C3CCC4C(C)(CCC5C(C)(C)C(OC(=O)CC(C)(C)C(=O)O)CCC54C)C3CCC2(CCN(CCN(C)C)Cc2ncccn2)CC1=O. The van der Waals surface area contributed by atoms with E-state index in [4.69, 9.17) is 4.74 Å². The lowest BCUT2D eigenvalue weighted by Gasteiger charge is -2.69. The molecule has 8 atom stereocenters. The molecule has 0 bridgehead atoms. The molecule has 1 heterocycles. The van der Waals surface area contributed by atoms with Crippen LogP contribution in [0.3, 0.4) is 0 Å². The van der Waals surface area contributed by atoms with Crippen molar-refractivity contribution in [3.05, 3.63) is 35.4 Å². The summed E-state index contributed by atoms with van der Waals surface area (Å²) in [5, 5.41) is 9.62. The molecule has 0 amide bonds. The van der Waals surface area contributed by atoms with Gasteiger partial charge in [-0.1, -0.05) is 47.1 Å². The summed E-state index contributed by atoms with van der Waals surface area (Å²) in [6, 6.07) is 1.87. The first-order valence-corrected chi connectivity index (χ1v) is 21.1. The number of carbonyl (C=O) groups is 3. The van der Waals surface area contributed by atoms with Gasteiger partial charge in [-0.15, -0.1) is 0 Å². The van der Waals surface area contributed by atoms with E-state index >= 15 is 0 Å². The molecule has 4 fully saturated rings. The third-order valence-electron chi connectivity index (χ3n) is 15.9. The number of ether oxygens (including phenoxy) is 1. The van der Waals surface area contributed by atoms with E-state index in [1.54, 1.807) is 19.4 Å². The topological polar surface area (TPSA) is 113 Å². The molecule has 1 aromatic rings. The van der Waals surface area contributed by atoms with Gasteiger partial charge in [-0.25, -0.2) is 9.97 Å². The van der Waals surface area contributed by atoms with Crippen LogP contribution in [-0.2, 0) is 25.7 Å². The van der Waals surface area contributed by atoms with E-state index in [1.807, 2.05) is 18.5 Å². The highest BCUT2D eigenvalue weighted by Crippen LogP contribution is 2.73. The van der Waals surface area contributed by atoms with Gasteiger partial charge in [-0.2, -0.15) is 0 Å². The van der Waals surface area contributed by atoms with Crippen molar-refractivity contribution < 1.29 is 24.2 Å². The number of rotatable bonds is 13. The van der Waals surface area contributed by atoms with E-state index in [2.05, 4.69) is 75.4 Å². The normalized spacial score (nSPS) is 34.8. The van der Waals surface area contributed by atoms with Gasteiger partial charge in [0.15, 0.2) is 5.78 Å². The van der Waals surface area contributed by atoms with E-state index in [1.165, 1.54) is 12.8 Å². The first kappa shape index (κ1) is 41.0. The third-order valence-corrected chi connectivity index (χ3v) is 15.9. The molecule has 1 aromatic heterocycles. The minimum Gasteiger partial charge on any atom is -0.481 e. The number of nitrogens with zero attached hydrogens (tertiary/aromatic N) is 4. The van der Waals surface area contributed by atoms with Gasteiger partial charge in [-0.05, 0) is 144 Å². The fourth-order valence-electron chi connectivity index (χ4n) is 13.2. The van der Waals surface area contributed by atoms with E-state index in [0.717, 1.165) is 82.5 Å². The molecule has 5 aliphatic rings. The quantitative estimate of drug-likeness (QED) is 0.200. The number of carbonyl (C=O) groups excluding carboxylic acids is 2. The fraction of sp³-hybridized carbons (Fsp3) is 0.800. The third kappa shape index (κ3) is 7.34. The Morgan fingerprint density at radius 1 is 0.926 bits per heavy atom. The lowest BCUT2D eigenvalue weighted by atomic mass is 9.36. The first-order chi connectivity index (χ1) is 25.2. The number of aromatic nitrogens is 2. The monoisotopic (exact) mass is 747 g/mol. The molecule has 0 aromatic carbocycles. The van der Waals surface area contributed by atoms with Crippen LogP contribution in [0.15, 0.2) is 29.6 Å². The van der Waals surface area contributed by atoms with Gasteiger partial charge in [-0.3, -0.25) is 19.3 Å². The van der Waals surface area contributed by atoms with Gasteiger partial charge < -0.3 is 14.7 Å². The highest BCUT2D eigenvalue weighted by Gasteiger charge is 2.66. The largest absolute Gasteiger partial charge is 0.481 e. The van der Waals surface area contributed by atoms with Gasteiger partial charge >= 0.3 is 11.9 Å². The van der Waals surface area contributed by atoms with Crippen molar-refractivity contribution in [3.63, 3.8) is 0 Å². The maximum Gasteiger partial charge on any atom is 0.309 e. The van der Waals surface area contributed by atoms with Crippen LogP contribution in [0.1, 0.15) is 132 Å². The highest BCUT2D eigenvalue weighted by molar-refractivity contribution is 6.00. The summed E-state index contributed by atoms with van der Waals surface area (Å²) >= 11 is 0. The number of carboxylic acid groups (broad SMARTS) is 1. The maximum atomic E-state index is 14.1. The Morgan fingerprint density at radius 3 is 2.26 bits per heavy atom. The zero-order valence-corrected chi connectivity index (χ0v) is 35.2. The van der Waals surface area contributed by atoms with Crippen molar-refractivity contribution in [2.75, 3.05) is 33.7 Å². The van der Waals surface area contributed by atoms with Gasteiger partial charge in [0.25, 0.3) is 0 Å². The summed E-state index contributed by atoms with van der Waals surface area (Å²) in [6.45, 7) is 21.0. The van der Waals surface area contributed by atoms with E-state index in [0.29, 0.717) is 35.9 Å². The Bertz CT molecular complexity index is 1600. The summed E-state index contributed by atoms with van der Waals surface area (Å²) in [7, 11) is 4.25. The molecule has 4 saturated carbocycles. The van der Waals surface area contributed by atoms with Crippen molar-refractivity contribution in [3.8, 4) is 0 Å². The summed E-state index contributed by atoms with van der Waals surface area (Å²) in [6.07, 6.45) is 13.7. The molecular formula is C45H70N4O5. The molecule has 5 aliphatic carbocycles. The second-order valence-corrected chi connectivity index (χ2v) is 20.5. The van der Waals surface area contributed by atoms with Crippen LogP contribution < -0.4 is 0 Å². The van der Waals surface area contributed by atoms with E-state index < -0.39 is 17.4 Å². The van der Waals surface area contributed by atoms with Crippen molar-refractivity contribution in [2.45, 2.75) is 139 Å². The fourth-order valence-corrected chi connectivity index (χ4v) is 13.2. The van der Waals surface area contributed by atoms with Gasteiger partial charge in [0.1, 0.15) is 11.9 Å². The molecular weight excluding hydrogens is 677 g/mol. The van der Waals surface area contributed by atoms with Crippen molar-refractivity contribution >= 4 is 17.7 Å². The predicted molar refractivity (Wildman–Crippen MR) is 211 cm³/mol. The lowest BCUT2D eigenvalue weighted by molar-refractivity contribution is -0.214. The minimum atomic E-state index is -1.15. The predicted octanol–water partition coefficient (Wildman–Crippen LogP) is 8.23. The maximum absolute atomic E-state index is 14.1. The van der Waals surface area contributed by atoms with Crippen LogP contribution >= 0.6 is 0 Å². The van der Waals surface area contributed by atoms with Crippen LogP contribution in [0.25, 0.3) is 0 Å². The first-order valence-electron chi connectivity index (χ1n) is 21.1. The smallest absolute Gasteiger partial charge is 0.309 e. The Morgan fingerprint density at radius 2 is 1.61 bits per heavy atom. The standard InChI is InChI=1S/C45H70N4O5/c1-29(2)38-32(50)26-45(20-23-49(25-24-48(9)10)28-36-46-21-11-22-47-36)19-14-31-30(39(38)45)12-13-34-43(31,7)17-15-33-42(5,6)35(16-18-44(33,34)8)54-37(51)27-41(3,4)40(52)53/h11,21-22,29-31,33-35H,12-20,23-28H2,1-10H3,(H,52,53). The number of esters is 1. The molecule has 9 nitrogen and oxygen atoms in total. The molecule has 0 aliphatic heterocycles. The summed E-state index contributed by atoms with van der Waals surface area (Å²) in [5.41, 5.74) is 1.62. The number of hydrogen-bond donors (Lipinski definition) is 1. The number of aliphatic carboxylic acids is 1. The summed E-state index contributed by atoms with van der Waals surface area (Å²) < 4.78 is 6.18. The van der Waals surface area contributed by atoms with E-state index in [9.17, 15) is 19.5 Å². The summed E-state index contributed by atoms with van der Waals surface area (Å²) in [5.74, 6) is 2.13. The van der Waals surface area contributed by atoms with Crippen LogP contribution in [-0.4, -0.2) is 82.4 Å². The Labute approximate surface area is 325 Å². The van der Waals surface area contributed by atoms with Crippen molar-refractivity contribution in [2.24, 2.45) is 56.7 Å². The summed E-state index contributed by atoms with van der Waals surface area (Å²) in [4.78, 5) is 52.9. The molecule has 0 radical (unpaired) electrons. The van der Waals surface area contributed by atoms with Crippen LogP contribution in [0.2, 0.25) is 0 Å². The second-order valence-electron chi connectivity index (χ2n) is 20.5. The number of allylic oxidation sites excluding steroid dienone is 2. The highest BCUT2D eigenvalue weighted by atomic mass is 16.5. The number of hydrogen-bond acceptors (Lipinski definition) is 8. The zero-order valence-electron chi connectivity index (χ0n) is 35.2. The molecule has 9 heteroatoms. The minimum absolute atomic E-state index is 0.0603. The number of likely N-dealkylation sites (N-methyl/N-ethyl adjacent to an activating group) is 1. The molecule has 0 spiro atoms. The van der Waals surface area contributed by atoms with Crippen LogP contribution in [0, 0.1) is 56.7 Å². The van der Waals surface area contributed by atoms with Crippen LogP contribution in [0.5, 0.6) is 0 Å². The Hall–Kier alpha value is -2.65. The molecule has 1 N–H and O–H groups in total. The van der Waals surface area contributed by atoms with Gasteiger partial charge in [0.2, 0.25) is 0 Å². The Balaban J connectivity index is 1.23. The van der Waals surface area contributed by atoms with Gasteiger partial charge in [0, 0.05) is 42.7 Å². The second kappa shape index (κ2) is 15.0. The van der Waals surface area contributed by atoms with E-state index in [-0.39, 0.29) is 40.1 Å². The van der Waals surface area contributed by atoms with Gasteiger partial charge in [0.05, 0.1) is 18.4 Å². The average molecular weight is 747 g/mol. The van der Waals surface area contributed by atoms with Crippen molar-refractivity contribution in [1.82, 2.24) is 19.8 Å². The molecule has 54 heavy (non-hydrogen) atoms. The van der Waals surface area contributed by atoms with Crippen LogP contribution in [0.4, 0.5) is 0 Å². The molecule has 6 rings (SSSR count). The molecule has 300 valence electrons. The zero-order chi connectivity index (χ0) is 39.4. The molecule has 0 saturated heterocycles. The van der Waals surface area contributed by atoms with Crippen molar-refractivity contribution in [1.29, 1.82) is 0 Å². The Kier molecular flexibility index (Phi) is 11.4. The number of carboxylic acids is 1.